The van der Waals surface area contributed by atoms with Gasteiger partial charge in [-0.2, -0.15) is 13.2 Å². The van der Waals surface area contributed by atoms with Gasteiger partial charge in [-0.1, -0.05) is 12.1 Å². The number of hydrogen-bond acceptors (Lipinski definition) is 4. The minimum Gasteiger partial charge on any atom is -0.497 e. The number of ether oxygens (including phenoxy) is 1. The number of benzene rings is 1. The van der Waals surface area contributed by atoms with Crippen molar-refractivity contribution < 1.29 is 23.0 Å². The summed E-state index contributed by atoms with van der Waals surface area (Å²) in [5.41, 5.74) is 4.30. The second kappa shape index (κ2) is 7.07. The van der Waals surface area contributed by atoms with E-state index in [0.717, 1.165) is 11.3 Å². The predicted octanol–water partition coefficient (Wildman–Crippen LogP) is 1.95. The molecule has 0 aliphatic carbocycles. The fraction of sp³-hybridized carbons (Fsp3) is 0.625. The van der Waals surface area contributed by atoms with Gasteiger partial charge in [-0.25, -0.2) is 0 Å². The van der Waals surface area contributed by atoms with E-state index in [4.69, 9.17) is 10.5 Å². The molecule has 130 valence electrons. The Morgan fingerprint density at radius 2 is 1.83 bits per heavy atom. The first-order chi connectivity index (χ1) is 10.8. The van der Waals surface area contributed by atoms with Crippen LogP contribution in [0.25, 0.3) is 0 Å². The molecule has 1 aromatic rings. The average molecular weight is 332 g/mol. The molecular formula is C16H23F3N2O2. The average Bonchev–Trinajstić information content (AvgIpc) is 2.53. The lowest BCUT2D eigenvalue weighted by atomic mass is 9.89. The molecule has 4 nitrogen and oxygen atoms in total. The summed E-state index contributed by atoms with van der Waals surface area (Å²) in [4.78, 5) is 1.93. The smallest absolute Gasteiger partial charge is 0.417 e. The number of methoxy groups -OCH3 is 1. The van der Waals surface area contributed by atoms with Crippen LogP contribution in [-0.4, -0.2) is 54.6 Å². The summed E-state index contributed by atoms with van der Waals surface area (Å²) in [6.07, 6.45) is -4.54. The maximum Gasteiger partial charge on any atom is 0.417 e. The number of piperidine rings is 1. The van der Waals surface area contributed by atoms with E-state index in [2.05, 4.69) is 0 Å². The Bertz CT molecular complexity index is 497. The van der Waals surface area contributed by atoms with Crippen molar-refractivity contribution in [1.82, 2.24) is 4.90 Å². The highest BCUT2D eigenvalue weighted by atomic mass is 19.4. The molecule has 1 aromatic carbocycles. The molecule has 2 rings (SSSR count). The van der Waals surface area contributed by atoms with E-state index >= 15 is 0 Å². The van der Waals surface area contributed by atoms with Gasteiger partial charge in [0, 0.05) is 25.7 Å². The number of alkyl halides is 3. The van der Waals surface area contributed by atoms with Gasteiger partial charge < -0.3 is 15.6 Å². The first-order valence-electron chi connectivity index (χ1n) is 7.65. The molecular weight excluding hydrogens is 309 g/mol. The van der Waals surface area contributed by atoms with Crippen LogP contribution in [0, 0.1) is 0 Å². The Morgan fingerprint density at radius 3 is 2.26 bits per heavy atom. The van der Waals surface area contributed by atoms with Crippen LogP contribution in [0.1, 0.15) is 18.4 Å². The van der Waals surface area contributed by atoms with Crippen LogP contribution in [0.4, 0.5) is 13.2 Å². The van der Waals surface area contributed by atoms with Crippen molar-refractivity contribution in [2.45, 2.75) is 37.1 Å². The number of nitrogens with two attached hydrogens (primary N) is 1. The van der Waals surface area contributed by atoms with E-state index in [-0.39, 0.29) is 32.0 Å². The monoisotopic (exact) mass is 332 g/mol. The number of rotatable bonds is 5. The van der Waals surface area contributed by atoms with Gasteiger partial charge in [0.25, 0.3) is 0 Å². The SMILES string of the molecule is COc1ccc(C[C@H](CN)N2CCC(O)(C(F)(F)F)CC2)cc1. The van der Waals surface area contributed by atoms with Gasteiger partial charge in [0.1, 0.15) is 5.75 Å². The van der Waals surface area contributed by atoms with Crippen LogP contribution in [-0.2, 0) is 6.42 Å². The van der Waals surface area contributed by atoms with Gasteiger partial charge in [0.05, 0.1) is 7.11 Å². The van der Waals surface area contributed by atoms with Gasteiger partial charge in [-0.15, -0.1) is 0 Å². The Morgan fingerprint density at radius 1 is 1.26 bits per heavy atom. The molecule has 1 aliphatic rings. The minimum atomic E-state index is -4.58. The maximum atomic E-state index is 12.8. The zero-order valence-corrected chi connectivity index (χ0v) is 13.1. The van der Waals surface area contributed by atoms with Crippen molar-refractivity contribution in [1.29, 1.82) is 0 Å². The summed E-state index contributed by atoms with van der Waals surface area (Å²) >= 11 is 0. The molecule has 7 heteroatoms. The van der Waals surface area contributed by atoms with Crippen molar-refractivity contribution in [3.8, 4) is 5.75 Å². The highest BCUT2D eigenvalue weighted by molar-refractivity contribution is 5.27. The molecule has 0 amide bonds. The molecule has 1 saturated heterocycles. The molecule has 1 atom stereocenters. The van der Waals surface area contributed by atoms with Crippen LogP contribution >= 0.6 is 0 Å². The predicted molar refractivity (Wildman–Crippen MR) is 81.4 cm³/mol. The summed E-state index contributed by atoms with van der Waals surface area (Å²) in [7, 11) is 1.59. The lowest BCUT2D eigenvalue weighted by molar-refractivity contribution is -0.273. The summed E-state index contributed by atoms with van der Waals surface area (Å²) in [5, 5.41) is 9.73. The van der Waals surface area contributed by atoms with E-state index < -0.39 is 11.8 Å². The van der Waals surface area contributed by atoms with Crippen LogP contribution < -0.4 is 10.5 Å². The van der Waals surface area contributed by atoms with E-state index in [1.807, 2.05) is 29.2 Å². The Balaban J connectivity index is 1.97. The largest absolute Gasteiger partial charge is 0.497 e. The van der Waals surface area contributed by atoms with Crippen LogP contribution in [0.15, 0.2) is 24.3 Å². The topological polar surface area (TPSA) is 58.7 Å². The summed E-state index contributed by atoms with van der Waals surface area (Å²) in [6, 6.07) is 7.51. The van der Waals surface area contributed by atoms with Crippen molar-refractivity contribution in [3.63, 3.8) is 0 Å². The highest BCUT2D eigenvalue weighted by Crippen LogP contribution is 2.38. The molecule has 23 heavy (non-hydrogen) atoms. The lowest BCUT2D eigenvalue weighted by Crippen LogP contribution is -2.56. The number of hydrogen-bond donors (Lipinski definition) is 2. The molecule has 1 fully saturated rings. The first kappa shape index (κ1) is 18.0. The van der Waals surface area contributed by atoms with Crippen molar-refractivity contribution in [2.75, 3.05) is 26.7 Å². The fourth-order valence-corrected chi connectivity index (χ4v) is 2.94. The second-order valence-corrected chi connectivity index (χ2v) is 6.01. The van der Waals surface area contributed by atoms with Crippen LogP contribution in [0.2, 0.25) is 0 Å². The van der Waals surface area contributed by atoms with Gasteiger partial charge in [-0.3, -0.25) is 4.90 Å². The zero-order valence-electron chi connectivity index (χ0n) is 13.1. The Kier molecular flexibility index (Phi) is 5.54. The third-order valence-corrected chi connectivity index (χ3v) is 4.57. The minimum absolute atomic E-state index is 0.0406. The molecule has 0 bridgehead atoms. The number of nitrogens with zero attached hydrogens (tertiary/aromatic N) is 1. The quantitative estimate of drug-likeness (QED) is 0.865. The molecule has 0 unspecified atom stereocenters. The molecule has 0 aromatic heterocycles. The van der Waals surface area contributed by atoms with E-state index in [0.29, 0.717) is 13.0 Å². The maximum absolute atomic E-state index is 12.8. The standard InChI is InChI=1S/C16H23F3N2O2/c1-23-14-4-2-12(3-5-14)10-13(11-20)21-8-6-15(22,7-9-21)16(17,18)19/h2-5,13,22H,6-11,20H2,1H3/t13-/m1/s1. The number of halogens is 3. The fourth-order valence-electron chi connectivity index (χ4n) is 2.94. The molecule has 1 aliphatic heterocycles. The highest BCUT2D eigenvalue weighted by Gasteiger charge is 2.54. The van der Waals surface area contributed by atoms with Gasteiger partial charge >= 0.3 is 6.18 Å². The number of likely N-dealkylation sites (tertiary alicyclic amines) is 1. The Hall–Kier alpha value is -1.31. The Labute approximate surface area is 134 Å². The first-order valence-corrected chi connectivity index (χ1v) is 7.65. The lowest BCUT2D eigenvalue weighted by Gasteiger charge is -2.42. The van der Waals surface area contributed by atoms with E-state index in [1.165, 1.54) is 0 Å². The molecule has 0 spiro atoms. The van der Waals surface area contributed by atoms with Gasteiger partial charge in [0.2, 0.25) is 0 Å². The van der Waals surface area contributed by atoms with E-state index in [1.54, 1.807) is 7.11 Å². The third-order valence-electron chi connectivity index (χ3n) is 4.57. The third kappa shape index (κ3) is 4.16. The summed E-state index contributed by atoms with van der Waals surface area (Å²) in [5.74, 6) is 0.756. The molecule has 0 radical (unpaired) electrons. The second-order valence-electron chi connectivity index (χ2n) is 6.01. The van der Waals surface area contributed by atoms with Crippen LogP contribution in [0.3, 0.4) is 0 Å². The summed E-state index contributed by atoms with van der Waals surface area (Å²) in [6.45, 7) is 0.735. The van der Waals surface area contributed by atoms with Gasteiger partial charge in [0.15, 0.2) is 5.60 Å². The zero-order chi connectivity index (χ0) is 17.1. The van der Waals surface area contributed by atoms with Crippen LogP contribution in [0.5, 0.6) is 5.75 Å². The molecule has 0 saturated carbocycles. The molecule has 3 N–H and O–H groups in total. The summed E-state index contributed by atoms with van der Waals surface area (Å²) < 4.78 is 43.6. The van der Waals surface area contributed by atoms with Crippen molar-refractivity contribution >= 4 is 0 Å². The van der Waals surface area contributed by atoms with E-state index in [9.17, 15) is 18.3 Å². The van der Waals surface area contributed by atoms with Gasteiger partial charge in [-0.05, 0) is 37.0 Å². The molecule has 1 heterocycles. The van der Waals surface area contributed by atoms with Crippen molar-refractivity contribution in [2.24, 2.45) is 5.73 Å². The number of aliphatic hydroxyl groups is 1. The normalized spacial score (nSPS) is 20.3. The van der Waals surface area contributed by atoms with Crippen molar-refractivity contribution in [3.05, 3.63) is 29.8 Å².